The Hall–Kier alpha value is -3.26. The monoisotopic (exact) mass is 449 g/mol. The molecule has 0 unspecified atom stereocenters. The van der Waals surface area contributed by atoms with Crippen molar-refractivity contribution in [3.05, 3.63) is 76.9 Å². The summed E-state index contributed by atoms with van der Waals surface area (Å²) in [4.78, 5) is 4.61. The number of ether oxygens (including phenoxy) is 1. The van der Waals surface area contributed by atoms with E-state index in [0.29, 0.717) is 28.5 Å². The third-order valence-electron chi connectivity index (χ3n) is 5.16. The molecule has 0 aliphatic heterocycles. The van der Waals surface area contributed by atoms with Crippen molar-refractivity contribution in [2.75, 3.05) is 5.84 Å². The van der Waals surface area contributed by atoms with Crippen LogP contribution in [-0.2, 0) is 12.4 Å². The number of aryl methyl sites for hydroxylation is 2. The summed E-state index contributed by atoms with van der Waals surface area (Å²) in [7, 11) is 0. The predicted octanol–water partition coefficient (Wildman–Crippen LogP) is 5.26. The molecule has 0 saturated carbocycles. The number of nitrogens with two attached hydrogens (primary N) is 1. The average molecular weight is 450 g/mol. The summed E-state index contributed by atoms with van der Waals surface area (Å²) in [5, 5.41) is 8.93. The fourth-order valence-corrected chi connectivity index (χ4v) is 4.04. The second-order valence-electron chi connectivity index (χ2n) is 8.03. The number of hydrogen-bond acceptors (Lipinski definition) is 7. The van der Waals surface area contributed by atoms with Crippen molar-refractivity contribution in [2.24, 2.45) is 0 Å². The molecule has 2 aromatic carbocycles. The van der Waals surface area contributed by atoms with Gasteiger partial charge in [-0.1, -0.05) is 55.4 Å². The number of oxazole rings is 1. The molecule has 0 saturated heterocycles. The van der Waals surface area contributed by atoms with E-state index in [1.165, 1.54) is 27.6 Å². The number of nitrogens with zero attached hydrogens (tertiary/aromatic N) is 4. The zero-order valence-electron chi connectivity index (χ0n) is 18.7. The van der Waals surface area contributed by atoms with Crippen LogP contribution in [0.4, 0.5) is 0 Å². The minimum atomic E-state index is 0.242. The Labute approximate surface area is 192 Å². The SMILES string of the molecule is Cc1ccc(-c2nc(CSc3nnc(COc4ccc(C(C)C)cc4)n3N)co2)c(C)c1. The van der Waals surface area contributed by atoms with Crippen molar-refractivity contribution >= 4 is 11.8 Å². The van der Waals surface area contributed by atoms with E-state index in [0.717, 1.165) is 22.6 Å². The Kier molecular flexibility index (Phi) is 6.50. The van der Waals surface area contributed by atoms with Gasteiger partial charge in [0.15, 0.2) is 5.82 Å². The van der Waals surface area contributed by atoms with Crippen LogP contribution in [0, 0.1) is 13.8 Å². The van der Waals surface area contributed by atoms with Crippen molar-refractivity contribution < 1.29 is 9.15 Å². The Morgan fingerprint density at radius 3 is 2.59 bits per heavy atom. The molecular weight excluding hydrogens is 422 g/mol. The van der Waals surface area contributed by atoms with Crippen LogP contribution in [0.5, 0.6) is 5.75 Å². The second kappa shape index (κ2) is 9.48. The third-order valence-corrected chi connectivity index (χ3v) is 6.14. The van der Waals surface area contributed by atoms with E-state index in [1.807, 2.05) is 18.2 Å². The molecule has 0 aliphatic rings. The quantitative estimate of drug-likeness (QED) is 0.290. The number of thioether (sulfide) groups is 1. The van der Waals surface area contributed by atoms with Crippen molar-refractivity contribution in [3.63, 3.8) is 0 Å². The first-order valence-electron chi connectivity index (χ1n) is 10.5. The lowest BCUT2D eigenvalue weighted by Crippen LogP contribution is -2.15. The summed E-state index contributed by atoms with van der Waals surface area (Å²) < 4.78 is 13.0. The fraction of sp³-hybridized carbons (Fsp3) is 0.292. The van der Waals surface area contributed by atoms with E-state index >= 15 is 0 Å². The van der Waals surface area contributed by atoms with E-state index in [9.17, 15) is 0 Å². The zero-order valence-corrected chi connectivity index (χ0v) is 19.5. The molecule has 4 aromatic rings. The lowest BCUT2D eigenvalue weighted by molar-refractivity contribution is 0.291. The maximum Gasteiger partial charge on any atom is 0.226 e. The van der Waals surface area contributed by atoms with Crippen LogP contribution in [0.3, 0.4) is 0 Å². The van der Waals surface area contributed by atoms with Crippen LogP contribution < -0.4 is 10.6 Å². The molecule has 0 fully saturated rings. The number of nitrogen functional groups attached to an aromatic ring is 1. The highest BCUT2D eigenvalue weighted by molar-refractivity contribution is 7.98. The molecule has 0 radical (unpaired) electrons. The molecule has 0 atom stereocenters. The van der Waals surface area contributed by atoms with Crippen LogP contribution in [0.15, 0.2) is 58.3 Å². The normalized spacial score (nSPS) is 11.3. The lowest BCUT2D eigenvalue weighted by Gasteiger charge is -2.08. The van der Waals surface area contributed by atoms with E-state index in [-0.39, 0.29) is 6.61 Å². The Morgan fingerprint density at radius 1 is 1.09 bits per heavy atom. The highest BCUT2D eigenvalue weighted by Crippen LogP contribution is 2.26. The first-order valence-corrected chi connectivity index (χ1v) is 11.5. The summed E-state index contributed by atoms with van der Waals surface area (Å²) >= 11 is 1.45. The van der Waals surface area contributed by atoms with Crippen molar-refractivity contribution in [1.82, 2.24) is 19.9 Å². The summed E-state index contributed by atoms with van der Waals surface area (Å²) in [5.41, 5.74) is 5.43. The van der Waals surface area contributed by atoms with E-state index < -0.39 is 0 Å². The molecule has 8 heteroatoms. The second-order valence-corrected chi connectivity index (χ2v) is 8.97. The lowest BCUT2D eigenvalue weighted by atomic mass is 10.0. The standard InChI is InChI=1S/C24H27N5O2S/c1-15(2)18-6-8-20(9-7-18)30-13-22-27-28-24(29(22)25)32-14-19-12-31-23(26-19)21-10-5-16(3)11-17(21)4/h5-12,15H,13-14,25H2,1-4H3. The zero-order chi connectivity index (χ0) is 22.7. The van der Waals surface area contributed by atoms with E-state index in [4.69, 9.17) is 15.0 Å². The van der Waals surface area contributed by atoms with Crippen LogP contribution in [0.2, 0.25) is 0 Å². The van der Waals surface area contributed by atoms with Gasteiger partial charge in [0.1, 0.15) is 18.6 Å². The van der Waals surface area contributed by atoms with Gasteiger partial charge in [0.2, 0.25) is 11.0 Å². The fourth-order valence-electron chi connectivity index (χ4n) is 3.29. The molecule has 0 aliphatic carbocycles. The Morgan fingerprint density at radius 2 is 1.88 bits per heavy atom. The Balaban J connectivity index is 1.35. The van der Waals surface area contributed by atoms with Gasteiger partial charge in [0, 0.05) is 11.3 Å². The minimum absolute atomic E-state index is 0.242. The molecule has 166 valence electrons. The van der Waals surface area contributed by atoms with Gasteiger partial charge in [-0.25, -0.2) is 9.66 Å². The molecule has 4 rings (SSSR count). The average Bonchev–Trinajstić information content (AvgIpc) is 3.37. The number of hydrogen-bond donors (Lipinski definition) is 1. The van der Waals surface area contributed by atoms with Gasteiger partial charge in [0.25, 0.3) is 0 Å². The summed E-state index contributed by atoms with van der Waals surface area (Å²) in [6.07, 6.45) is 1.67. The molecule has 2 heterocycles. The molecule has 0 spiro atoms. The molecule has 7 nitrogen and oxygen atoms in total. The molecular formula is C24H27N5O2S. The smallest absolute Gasteiger partial charge is 0.226 e. The van der Waals surface area contributed by atoms with Gasteiger partial charge in [-0.2, -0.15) is 0 Å². The molecule has 0 amide bonds. The highest BCUT2D eigenvalue weighted by Gasteiger charge is 2.14. The first kappa shape index (κ1) is 22.0. The van der Waals surface area contributed by atoms with Gasteiger partial charge >= 0.3 is 0 Å². The first-order chi connectivity index (χ1) is 15.4. The highest BCUT2D eigenvalue weighted by atomic mass is 32.2. The topological polar surface area (TPSA) is 92.0 Å². The molecule has 2 aromatic heterocycles. The largest absolute Gasteiger partial charge is 0.486 e. The third kappa shape index (κ3) is 4.96. The maximum atomic E-state index is 6.17. The molecule has 32 heavy (non-hydrogen) atoms. The van der Waals surface area contributed by atoms with Crippen LogP contribution in [-0.4, -0.2) is 19.9 Å². The van der Waals surface area contributed by atoms with Crippen LogP contribution in [0.25, 0.3) is 11.5 Å². The summed E-state index contributed by atoms with van der Waals surface area (Å²) in [6, 6.07) is 14.3. The van der Waals surface area contributed by atoms with Gasteiger partial charge in [-0.3, -0.25) is 0 Å². The van der Waals surface area contributed by atoms with Gasteiger partial charge in [-0.15, -0.1) is 10.2 Å². The van der Waals surface area contributed by atoms with E-state index in [2.05, 4.69) is 67.1 Å². The van der Waals surface area contributed by atoms with Gasteiger partial charge < -0.3 is 15.0 Å². The Bertz CT molecular complexity index is 1200. The summed E-state index contributed by atoms with van der Waals surface area (Å²) in [6.45, 7) is 8.69. The number of benzene rings is 2. The van der Waals surface area contributed by atoms with Crippen molar-refractivity contribution in [3.8, 4) is 17.2 Å². The van der Waals surface area contributed by atoms with Crippen LogP contribution >= 0.6 is 11.8 Å². The molecule has 2 N–H and O–H groups in total. The number of rotatable bonds is 8. The number of aromatic nitrogens is 4. The maximum absolute atomic E-state index is 6.17. The van der Waals surface area contributed by atoms with Crippen LogP contribution in [0.1, 0.15) is 48.0 Å². The summed E-state index contributed by atoms with van der Waals surface area (Å²) in [5.74, 6) is 9.17. The van der Waals surface area contributed by atoms with Gasteiger partial charge in [-0.05, 0) is 49.1 Å². The van der Waals surface area contributed by atoms with Crippen molar-refractivity contribution in [2.45, 2.75) is 51.1 Å². The molecule has 0 bridgehead atoms. The predicted molar refractivity (Wildman–Crippen MR) is 126 cm³/mol. The minimum Gasteiger partial charge on any atom is -0.486 e. The van der Waals surface area contributed by atoms with Crippen molar-refractivity contribution in [1.29, 1.82) is 0 Å². The van der Waals surface area contributed by atoms with E-state index in [1.54, 1.807) is 6.26 Å². The van der Waals surface area contributed by atoms with Gasteiger partial charge in [0.05, 0.1) is 5.69 Å².